The smallest absolute Gasteiger partial charge is 0.244 e. The van der Waals surface area contributed by atoms with Crippen molar-refractivity contribution in [3.05, 3.63) is 0 Å². The molecule has 12 heteroatoms. The lowest BCUT2D eigenvalue weighted by atomic mass is 10.2. The lowest BCUT2D eigenvalue weighted by Gasteiger charge is -2.22. The lowest BCUT2D eigenvalue weighted by molar-refractivity contribution is -0.133. The van der Waals surface area contributed by atoms with Gasteiger partial charge in [-0.05, 0) is 13.8 Å². The standard InChI is InChI=1S/C15H27N5O5S2/c1-7(18-15(25)11(6-27)19-9(3)21)12(22)17-8(2)13(23)20-10(5-26)14(24)16-4/h7-8,10-11,26-27H,5-6H2,1-4H3,(H,16,24)(H,17,22)(H,18,25)(H,19,21)(H,20,23)/t7-,8-,10-,11-/m0/s1. The monoisotopic (exact) mass is 421 g/mol. The fraction of sp³-hybridized carbons (Fsp3) is 0.667. The van der Waals surface area contributed by atoms with E-state index in [4.69, 9.17) is 0 Å². The number of carbonyl (C=O) groups is 5. The molecule has 10 nitrogen and oxygen atoms in total. The Labute approximate surface area is 169 Å². The number of hydrogen-bond acceptors (Lipinski definition) is 7. The van der Waals surface area contributed by atoms with Crippen molar-refractivity contribution in [3.8, 4) is 0 Å². The maximum Gasteiger partial charge on any atom is 0.244 e. The van der Waals surface area contributed by atoms with Gasteiger partial charge in [0.25, 0.3) is 0 Å². The van der Waals surface area contributed by atoms with Crippen LogP contribution in [0.1, 0.15) is 20.8 Å². The summed E-state index contributed by atoms with van der Waals surface area (Å²) < 4.78 is 0. The third-order valence-electron chi connectivity index (χ3n) is 3.44. The summed E-state index contributed by atoms with van der Waals surface area (Å²) in [5.41, 5.74) is 0. The van der Waals surface area contributed by atoms with Gasteiger partial charge in [0, 0.05) is 25.5 Å². The first-order valence-corrected chi connectivity index (χ1v) is 9.45. The molecule has 0 fully saturated rings. The third kappa shape index (κ3) is 9.00. The van der Waals surface area contributed by atoms with Crippen LogP contribution in [0.2, 0.25) is 0 Å². The topological polar surface area (TPSA) is 146 Å². The van der Waals surface area contributed by atoms with E-state index in [9.17, 15) is 24.0 Å². The van der Waals surface area contributed by atoms with Gasteiger partial charge in [0.2, 0.25) is 29.5 Å². The minimum Gasteiger partial charge on any atom is -0.357 e. The number of thiol groups is 2. The zero-order valence-corrected chi connectivity index (χ0v) is 17.4. The van der Waals surface area contributed by atoms with Crippen LogP contribution in [0.15, 0.2) is 0 Å². The van der Waals surface area contributed by atoms with E-state index in [0.717, 1.165) is 0 Å². The summed E-state index contributed by atoms with van der Waals surface area (Å²) in [6, 6.07) is -3.62. The largest absolute Gasteiger partial charge is 0.357 e. The Bertz CT molecular complexity index is 575. The van der Waals surface area contributed by atoms with Gasteiger partial charge in [-0.1, -0.05) is 0 Å². The molecule has 0 bridgehead atoms. The van der Waals surface area contributed by atoms with Crippen LogP contribution in [-0.2, 0) is 24.0 Å². The first kappa shape index (κ1) is 25.1. The Morgan fingerprint density at radius 3 is 1.52 bits per heavy atom. The molecule has 0 aliphatic carbocycles. The van der Waals surface area contributed by atoms with Crippen molar-refractivity contribution in [1.82, 2.24) is 26.6 Å². The molecule has 5 amide bonds. The van der Waals surface area contributed by atoms with Crippen LogP contribution in [0.4, 0.5) is 0 Å². The van der Waals surface area contributed by atoms with Gasteiger partial charge in [-0.25, -0.2) is 0 Å². The number of nitrogens with one attached hydrogen (secondary N) is 5. The number of hydrogen-bond donors (Lipinski definition) is 7. The Morgan fingerprint density at radius 1 is 0.704 bits per heavy atom. The summed E-state index contributed by atoms with van der Waals surface area (Å²) in [7, 11) is 1.43. The predicted molar refractivity (Wildman–Crippen MR) is 107 cm³/mol. The Balaban J connectivity index is 4.68. The second-order valence-electron chi connectivity index (χ2n) is 5.75. The molecule has 0 heterocycles. The van der Waals surface area contributed by atoms with Crippen molar-refractivity contribution in [3.63, 3.8) is 0 Å². The molecule has 5 N–H and O–H groups in total. The fourth-order valence-electron chi connectivity index (χ4n) is 1.89. The molecular formula is C15H27N5O5S2. The highest BCUT2D eigenvalue weighted by molar-refractivity contribution is 7.80. The third-order valence-corrected chi connectivity index (χ3v) is 4.17. The van der Waals surface area contributed by atoms with E-state index in [1.807, 2.05) is 0 Å². The van der Waals surface area contributed by atoms with Crippen LogP contribution in [0.25, 0.3) is 0 Å². The van der Waals surface area contributed by atoms with Gasteiger partial charge in [-0.2, -0.15) is 25.3 Å². The molecule has 0 saturated heterocycles. The normalized spacial score (nSPS) is 14.7. The summed E-state index contributed by atoms with van der Waals surface area (Å²) in [5.74, 6) is -2.41. The number of likely N-dealkylation sites (N-methyl/N-ethyl adjacent to an activating group) is 1. The molecule has 154 valence electrons. The second kappa shape index (κ2) is 12.4. The first-order chi connectivity index (χ1) is 12.6. The lowest BCUT2D eigenvalue weighted by Crippen LogP contribution is -2.57. The van der Waals surface area contributed by atoms with E-state index < -0.39 is 53.7 Å². The Kier molecular flexibility index (Phi) is 11.5. The highest BCUT2D eigenvalue weighted by Crippen LogP contribution is 1.95. The Morgan fingerprint density at radius 2 is 1.11 bits per heavy atom. The molecule has 0 radical (unpaired) electrons. The number of rotatable bonds is 10. The van der Waals surface area contributed by atoms with Gasteiger partial charge in [0.15, 0.2) is 0 Å². The average Bonchev–Trinajstić information content (AvgIpc) is 2.62. The average molecular weight is 422 g/mol. The summed E-state index contributed by atoms with van der Waals surface area (Å²) in [5, 5.41) is 12.1. The van der Waals surface area contributed by atoms with E-state index >= 15 is 0 Å². The fourth-order valence-corrected chi connectivity index (χ4v) is 2.40. The van der Waals surface area contributed by atoms with Gasteiger partial charge in [-0.15, -0.1) is 0 Å². The van der Waals surface area contributed by atoms with Crippen LogP contribution < -0.4 is 26.6 Å². The van der Waals surface area contributed by atoms with E-state index in [1.54, 1.807) is 0 Å². The van der Waals surface area contributed by atoms with E-state index in [2.05, 4.69) is 51.8 Å². The number of amides is 5. The first-order valence-electron chi connectivity index (χ1n) is 8.18. The molecule has 0 rings (SSSR count). The zero-order valence-electron chi connectivity index (χ0n) is 15.7. The summed E-state index contributed by atoms with van der Waals surface area (Å²) >= 11 is 7.98. The quantitative estimate of drug-likeness (QED) is 0.197. The predicted octanol–water partition coefficient (Wildman–Crippen LogP) is -2.41. The van der Waals surface area contributed by atoms with Gasteiger partial charge < -0.3 is 26.6 Å². The molecule has 4 atom stereocenters. The summed E-state index contributed by atoms with van der Waals surface area (Å²) in [4.78, 5) is 59.0. The van der Waals surface area contributed by atoms with Crippen LogP contribution in [-0.4, -0.2) is 72.3 Å². The highest BCUT2D eigenvalue weighted by atomic mass is 32.1. The molecule has 0 aromatic carbocycles. The zero-order chi connectivity index (χ0) is 21.1. The van der Waals surface area contributed by atoms with Gasteiger partial charge in [-0.3, -0.25) is 24.0 Å². The van der Waals surface area contributed by atoms with E-state index in [0.29, 0.717) is 0 Å². The maximum atomic E-state index is 12.2. The summed E-state index contributed by atoms with van der Waals surface area (Å²) in [6.07, 6.45) is 0. The van der Waals surface area contributed by atoms with Crippen LogP contribution in [0, 0.1) is 0 Å². The van der Waals surface area contributed by atoms with Crippen molar-refractivity contribution in [2.45, 2.75) is 44.9 Å². The molecule has 0 spiro atoms. The molecule has 0 saturated carbocycles. The summed E-state index contributed by atoms with van der Waals surface area (Å²) in [6.45, 7) is 4.13. The highest BCUT2D eigenvalue weighted by Gasteiger charge is 2.26. The van der Waals surface area contributed by atoms with Crippen molar-refractivity contribution in [2.75, 3.05) is 18.6 Å². The maximum absolute atomic E-state index is 12.2. The van der Waals surface area contributed by atoms with Crippen LogP contribution in [0.5, 0.6) is 0 Å². The van der Waals surface area contributed by atoms with Crippen LogP contribution in [0.3, 0.4) is 0 Å². The van der Waals surface area contributed by atoms with E-state index in [1.165, 1.54) is 27.8 Å². The van der Waals surface area contributed by atoms with Crippen molar-refractivity contribution in [1.29, 1.82) is 0 Å². The van der Waals surface area contributed by atoms with Crippen molar-refractivity contribution in [2.24, 2.45) is 0 Å². The molecular weight excluding hydrogens is 394 g/mol. The van der Waals surface area contributed by atoms with Gasteiger partial charge >= 0.3 is 0 Å². The van der Waals surface area contributed by atoms with Crippen molar-refractivity contribution < 1.29 is 24.0 Å². The Hall–Kier alpha value is -1.95. The minimum atomic E-state index is -0.955. The van der Waals surface area contributed by atoms with E-state index in [-0.39, 0.29) is 11.5 Å². The number of carbonyl (C=O) groups excluding carboxylic acids is 5. The van der Waals surface area contributed by atoms with Gasteiger partial charge in [0.1, 0.15) is 24.2 Å². The second-order valence-corrected chi connectivity index (χ2v) is 6.48. The minimum absolute atomic E-state index is 0.0587. The molecule has 0 aliphatic rings. The van der Waals surface area contributed by atoms with Crippen molar-refractivity contribution >= 4 is 54.8 Å². The SMILES string of the molecule is CNC(=O)[C@H](CS)NC(=O)[C@H](C)NC(=O)[C@H](C)NC(=O)[C@H](CS)NC(C)=O. The van der Waals surface area contributed by atoms with Crippen LogP contribution >= 0.6 is 25.3 Å². The molecule has 0 unspecified atom stereocenters. The molecule has 0 aliphatic heterocycles. The molecule has 0 aromatic rings. The molecule has 0 aromatic heterocycles. The molecule has 27 heavy (non-hydrogen) atoms. The van der Waals surface area contributed by atoms with Gasteiger partial charge in [0.05, 0.1) is 0 Å².